The fraction of sp³-hybridized carbons (Fsp3) is 0.400. The predicted molar refractivity (Wildman–Crippen MR) is 55.8 cm³/mol. The molecule has 0 aromatic heterocycles. The first-order valence-electron chi connectivity index (χ1n) is 4.44. The second-order valence-corrected chi connectivity index (χ2v) is 4.10. The van der Waals surface area contributed by atoms with Crippen molar-refractivity contribution in [3.05, 3.63) is 28.2 Å². The Morgan fingerprint density at radius 1 is 1.54 bits per heavy atom. The minimum Gasteiger partial charge on any atom is -0.487 e. The first kappa shape index (κ1) is 9.03. The van der Waals surface area contributed by atoms with Gasteiger partial charge in [-0.05, 0) is 28.4 Å². The molecule has 2 atom stereocenters. The first-order chi connectivity index (χ1) is 6.24. The highest BCUT2D eigenvalue weighted by molar-refractivity contribution is 9.10. The summed E-state index contributed by atoms with van der Waals surface area (Å²) in [4.78, 5) is 0. The van der Waals surface area contributed by atoms with Crippen LogP contribution in [0.2, 0.25) is 0 Å². The molecule has 2 N–H and O–H groups in total. The molecular formula is C10H12BrNO. The standard InChI is InChI=1S/C10H12BrNO/c1-2-8-9(12)6-4-3-5-7(11)10(6)13-8/h3-5,8-9H,2,12H2,1H3. The lowest BCUT2D eigenvalue weighted by Gasteiger charge is -2.11. The normalized spacial score (nSPS) is 25.5. The van der Waals surface area contributed by atoms with E-state index in [0.717, 1.165) is 22.2 Å². The lowest BCUT2D eigenvalue weighted by molar-refractivity contribution is 0.201. The van der Waals surface area contributed by atoms with Crippen molar-refractivity contribution >= 4 is 15.9 Å². The van der Waals surface area contributed by atoms with E-state index in [9.17, 15) is 0 Å². The van der Waals surface area contributed by atoms with Crippen LogP contribution in [0.25, 0.3) is 0 Å². The van der Waals surface area contributed by atoms with Crippen LogP contribution in [-0.4, -0.2) is 6.10 Å². The van der Waals surface area contributed by atoms with Gasteiger partial charge in [-0.15, -0.1) is 0 Å². The van der Waals surface area contributed by atoms with Crippen LogP contribution in [-0.2, 0) is 0 Å². The van der Waals surface area contributed by atoms with E-state index in [1.54, 1.807) is 0 Å². The highest BCUT2D eigenvalue weighted by Crippen LogP contribution is 2.41. The van der Waals surface area contributed by atoms with Crippen molar-refractivity contribution in [2.24, 2.45) is 5.73 Å². The Morgan fingerprint density at radius 3 is 2.92 bits per heavy atom. The number of hydrogen-bond donors (Lipinski definition) is 1. The van der Waals surface area contributed by atoms with Gasteiger partial charge in [-0.1, -0.05) is 19.1 Å². The summed E-state index contributed by atoms with van der Waals surface area (Å²) in [7, 11) is 0. The molecule has 0 saturated heterocycles. The van der Waals surface area contributed by atoms with Crippen LogP contribution in [0.15, 0.2) is 22.7 Å². The summed E-state index contributed by atoms with van der Waals surface area (Å²) < 4.78 is 6.72. The molecule has 0 saturated carbocycles. The maximum Gasteiger partial charge on any atom is 0.138 e. The first-order valence-corrected chi connectivity index (χ1v) is 5.24. The molecule has 0 amide bonds. The van der Waals surface area contributed by atoms with Gasteiger partial charge >= 0.3 is 0 Å². The van der Waals surface area contributed by atoms with Crippen LogP contribution in [0.3, 0.4) is 0 Å². The van der Waals surface area contributed by atoms with Gasteiger partial charge in [-0.3, -0.25) is 0 Å². The van der Waals surface area contributed by atoms with E-state index in [4.69, 9.17) is 10.5 Å². The molecule has 1 heterocycles. The molecule has 0 radical (unpaired) electrons. The number of rotatable bonds is 1. The summed E-state index contributed by atoms with van der Waals surface area (Å²) in [5.74, 6) is 0.918. The number of nitrogens with two attached hydrogens (primary N) is 1. The van der Waals surface area contributed by atoms with Gasteiger partial charge in [0.05, 0.1) is 10.5 Å². The van der Waals surface area contributed by atoms with Crippen LogP contribution in [0.4, 0.5) is 0 Å². The van der Waals surface area contributed by atoms with Crippen molar-refractivity contribution in [2.45, 2.75) is 25.5 Å². The summed E-state index contributed by atoms with van der Waals surface area (Å²) >= 11 is 3.45. The van der Waals surface area contributed by atoms with Crippen LogP contribution in [0, 0.1) is 0 Å². The number of para-hydroxylation sites is 1. The van der Waals surface area contributed by atoms with Gasteiger partial charge in [0.25, 0.3) is 0 Å². The van der Waals surface area contributed by atoms with Crippen molar-refractivity contribution in [1.29, 1.82) is 0 Å². The summed E-state index contributed by atoms with van der Waals surface area (Å²) in [6.07, 6.45) is 1.08. The maximum absolute atomic E-state index is 6.02. The van der Waals surface area contributed by atoms with Crippen LogP contribution >= 0.6 is 15.9 Å². The lowest BCUT2D eigenvalue weighted by atomic mass is 10.0. The highest BCUT2D eigenvalue weighted by atomic mass is 79.9. The summed E-state index contributed by atoms with van der Waals surface area (Å²) in [5, 5.41) is 0. The van der Waals surface area contributed by atoms with Gasteiger partial charge < -0.3 is 10.5 Å². The summed E-state index contributed by atoms with van der Waals surface area (Å²) in [6, 6.07) is 6.02. The van der Waals surface area contributed by atoms with Gasteiger partial charge in [0.15, 0.2) is 0 Å². The third-order valence-corrected chi connectivity index (χ3v) is 3.05. The molecule has 1 aliphatic heterocycles. The van der Waals surface area contributed by atoms with E-state index < -0.39 is 0 Å². The van der Waals surface area contributed by atoms with E-state index in [2.05, 4.69) is 22.9 Å². The SMILES string of the molecule is CCC1Oc2c(Br)cccc2C1N. The third kappa shape index (κ3) is 1.36. The minimum absolute atomic E-state index is 0.0255. The highest BCUT2D eigenvalue weighted by Gasteiger charge is 2.31. The molecule has 1 aromatic carbocycles. The fourth-order valence-corrected chi connectivity index (χ4v) is 2.15. The Morgan fingerprint density at radius 2 is 2.31 bits per heavy atom. The Hall–Kier alpha value is -0.540. The van der Waals surface area contributed by atoms with E-state index in [1.165, 1.54) is 0 Å². The zero-order valence-electron chi connectivity index (χ0n) is 7.46. The Kier molecular flexibility index (Phi) is 2.30. The van der Waals surface area contributed by atoms with Crippen LogP contribution < -0.4 is 10.5 Å². The number of halogens is 1. The Balaban J connectivity index is 2.43. The molecule has 3 heteroatoms. The number of benzene rings is 1. The van der Waals surface area contributed by atoms with Crippen LogP contribution in [0.1, 0.15) is 24.9 Å². The monoisotopic (exact) mass is 241 g/mol. The molecule has 0 fully saturated rings. The van der Waals surface area contributed by atoms with E-state index in [-0.39, 0.29) is 12.1 Å². The third-order valence-electron chi connectivity index (χ3n) is 2.43. The van der Waals surface area contributed by atoms with Crippen molar-refractivity contribution in [1.82, 2.24) is 0 Å². The zero-order valence-corrected chi connectivity index (χ0v) is 9.04. The van der Waals surface area contributed by atoms with E-state index in [1.807, 2.05) is 18.2 Å². The molecule has 70 valence electrons. The molecular weight excluding hydrogens is 230 g/mol. The maximum atomic E-state index is 6.02. The summed E-state index contributed by atoms with van der Waals surface area (Å²) in [6.45, 7) is 2.09. The smallest absolute Gasteiger partial charge is 0.138 e. The number of hydrogen-bond acceptors (Lipinski definition) is 2. The molecule has 2 nitrogen and oxygen atoms in total. The van der Waals surface area contributed by atoms with E-state index in [0.29, 0.717) is 0 Å². The molecule has 2 unspecified atom stereocenters. The molecule has 0 bridgehead atoms. The number of fused-ring (bicyclic) bond motifs is 1. The zero-order chi connectivity index (χ0) is 9.42. The van der Waals surface area contributed by atoms with Crippen molar-refractivity contribution in [2.75, 3.05) is 0 Å². The molecule has 13 heavy (non-hydrogen) atoms. The average molecular weight is 242 g/mol. The quantitative estimate of drug-likeness (QED) is 0.821. The van der Waals surface area contributed by atoms with E-state index >= 15 is 0 Å². The molecule has 1 aliphatic rings. The van der Waals surface area contributed by atoms with Crippen LogP contribution in [0.5, 0.6) is 5.75 Å². The van der Waals surface area contributed by atoms with Crippen molar-refractivity contribution in [3.63, 3.8) is 0 Å². The second kappa shape index (κ2) is 3.31. The van der Waals surface area contributed by atoms with Gasteiger partial charge in [-0.25, -0.2) is 0 Å². The topological polar surface area (TPSA) is 35.2 Å². The summed E-state index contributed by atoms with van der Waals surface area (Å²) in [5.41, 5.74) is 7.14. The van der Waals surface area contributed by atoms with Crippen molar-refractivity contribution in [3.8, 4) is 5.75 Å². The number of ether oxygens (including phenoxy) is 1. The largest absolute Gasteiger partial charge is 0.487 e. The molecule has 1 aromatic rings. The average Bonchev–Trinajstić information content (AvgIpc) is 2.45. The predicted octanol–water partition coefficient (Wildman–Crippen LogP) is 2.62. The van der Waals surface area contributed by atoms with Gasteiger partial charge in [0.2, 0.25) is 0 Å². The van der Waals surface area contributed by atoms with Gasteiger partial charge in [0.1, 0.15) is 11.9 Å². The molecule has 2 rings (SSSR count). The molecule has 0 spiro atoms. The second-order valence-electron chi connectivity index (χ2n) is 3.25. The molecule has 0 aliphatic carbocycles. The Labute approximate surface area is 86.2 Å². The Bertz CT molecular complexity index is 327. The lowest BCUT2D eigenvalue weighted by Crippen LogP contribution is -2.24. The van der Waals surface area contributed by atoms with Crippen molar-refractivity contribution < 1.29 is 4.74 Å². The van der Waals surface area contributed by atoms with Gasteiger partial charge in [0, 0.05) is 5.56 Å². The minimum atomic E-state index is 0.0255. The van der Waals surface area contributed by atoms with Gasteiger partial charge in [-0.2, -0.15) is 0 Å². The fourth-order valence-electron chi connectivity index (χ4n) is 1.67.